The molecule has 0 radical (unpaired) electrons. The van der Waals surface area contributed by atoms with Crippen LogP contribution in [-0.4, -0.2) is 47.4 Å². The zero-order valence-corrected chi connectivity index (χ0v) is 25.3. The molecule has 1 aliphatic carbocycles. The van der Waals surface area contributed by atoms with E-state index >= 15 is 0 Å². The van der Waals surface area contributed by atoms with Crippen molar-refractivity contribution in [1.82, 2.24) is 4.31 Å². The van der Waals surface area contributed by atoms with E-state index in [1.165, 1.54) is 12.5 Å². The monoisotopic (exact) mass is 666 g/mol. The Balaban J connectivity index is 1.54. The van der Waals surface area contributed by atoms with Gasteiger partial charge in [-0.25, -0.2) is 35.2 Å². The fourth-order valence-corrected chi connectivity index (χ4v) is 7.99. The van der Waals surface area contributed by atoms with Crippen LogP contribution >= 0.6 is 0 Å². The van der Waals surface area contributed by atoms with Gasteiger partial charge in [0.25, 0.3) is 0 Å². The molecule has 1 amide bonds. The number of aromatic carboxylic acids is 1. The molecule has 1 atom stereocenters. The molecule has 246 valence electrons. The lowest BCUT2D eigenvalue weighted by atomic mass is 9.84. The van der Waals surface area contributed by atoms with Crippen LogP contribution in [0.3, 0.4) is 0 Å². The molecule has 14 heteroatoms. The van der Waals surface area contributed by atoms with Gasteiger partial charge in [0.1, 0.15) is 17.4 Å². The summed E-state index contributed by atoms with van der Waals surface area (Å²) >= 11 is 0. The maximum Gasteiger partial charge on any atom is 0.339 e. The van der Waals surface area contributed by atoms with Crippen molar-refractivity contribution in [3.63, 3.8) is 0 Å². The number of carboxylic acid groups (broad SMARTS) is 1. The highest BCUT2D eigenvalue weighted by Crippen LogP contribution is 2.36. The van der Waals surface area contributed by atoms with Crippen LogP contribution in [0.1, 0.15) is 78.8 Å². The molecule has 0 spiro atoms. The van der Waals surface area contributed by atoms with Gasteiger partial charge in [-0.05, 0) is 54.9 Å². The Morgan fingerprint density at radius 3 is 1.98 bits per heavy atom. The van der Waals surface area contributed by atoms with E-state index in [1.54, 1.807) is 12.1 Å². The number of carboxylic acids is 1. The largest absolute Gasteiger partial charge is 0.507 e. The van der Waals surface area contributed by atoms with Gasteiger partial charge >= 0.3 is 5.97 Å². The highest BCUT2D eigenvalue weighted by molar-refractivity contribution is 7.89. The molecule has 1 heterocycles. The van der Waals surface area contributed by atoms with Crippen LogP contribution in [0, 0.1) is 29.1 Å². The Labute approximate surface area is 262 Å². The van der Waals surface area contributed by atoms with E-state index in [9.17, 15) is 50.2 Å². The fraction of sp³-hybridized carbons (Fsp3) is 0.375. The predicted octanol–water partition coefficient (Wildman–Crippen LogP) is 6.61. The van der Waals surface area contributed by atoms with Crippen molar-refractivity contribution in [1.29, 1.82) is 0 Å². The van der Waals surface area contributed by atoms with Gasteiger partial charge in [-0.1, -0.05) is 49.9 Å². The topological polar surface area (TPSA) is 115 Å². The van der Waals surface area contributed by atoms with Gasteiger partial charge < -0.3 is 15.1 Å². The first kappa shape index (κ1) is 33.3. The van der Waals surface area contributed by atoms with Crippen molar-refractivity contribution in [3.8, 4) is 5.75 Å². The predicted molar refractivity (Wildman–Crippen MR) is 156 cm³/mol. The van der Waals surface area contributed by atoms with Gasteiger partial charge in [0.2, 0.25) is 21.7 Å². The molecule has 46 heavy (non-hydrogen) atoms. The van der Waals surface area contributed by atoms with Gasteiger partial charge in [0, 0.05) is 18.3 Å². The summed E-state index contributed by atoms with van der Waals surface area (Å²) in [5.74, 6) is -15.1. The smallest absolute Gasteiger partial charge is 0.339 e. The van der Waals surface area contributed by atoms with Crippen molar-refractivity contribution in [2.24, 2.45) is 0 Å². The molecule has 2 fully saturated rings. The van der Waals surface area contributed by atoms with E-state index in [1.807, 2.05) is 12.1 Å². The summed E-state index contributed by atoms with van der Waals surface area (Å²) in [5.41, 5.74) is 1.25. The van der Waals surface area contributed by atoms with Crippen LogP contribution in [0.4, 0.5) is 27.6 Å². The first-order chi connectivity index (χ1) is 21.8. The minimum absolute atomic E-state index is 0.0111. The quantitative estimate of drug-likeness (QED) is 0.159. The molecule has 2 aliphatic rings. The first-order valence-electron chi connectivity index (χ1n) is 14.8. The van der Waals surface area contributed by atoms with Crippen LogP contribution in [0.25, 0.3) is 0 Å². The zero-order chi connectivity index (χ0) is 33.3. The lowest BCUT2D eigenvalue weighted by Gasteiger charge is -2.37. The molecule has 1 aliphatic heterocycles. The van der Waals surface area contributed by atoms with Gasteiger partial charge in [0.05, 0.1) is 6.54 Å². The van der Waals surface area contributed by atoms with E-state index < -0.39 is 79.8 Å². The van der Waals surface area contributed by atoms with Crippen LogP contribution in [0.5, 0.6) is 5.75 Å². The zero-order valence-electron chi connectivity index (χ0n) is 24.5. The first-order valence-corrected chi connectivity index (χ1v) is 16.3. The number of sulfonamides is 1. The molecule has 5 rings (SSSR count). The average Bonchev–Trinajstić information content (AvgIpc) is 3.05. The number of phenols is 1. The molecular weight excluding hydrogens is 635 g/mol. The molecule has 8 nitrogen and oxygen atoms in total. The van der Waals surface area contributed by atoms with Crippen molar-refractivity contribution in [2.75, 3.05) is 11.4 Å². The van der Waals surface area contributed by atoms with Crippen molar-refractivity contribution < 1.29 is 50.2 Å². The second-order valence-electron chi connectivity index (χ2n) is 11.5. The second kappa shape index (κ2) is 13.4. The third-order valence-electron chi connectivity index (χ3n) is 8.66. The number of carbonyl (C=O) groups excluding carboxylic acids is 1. The molecule has 3 aromatic rings. The molecule has 1 saturated heterocycles. The number of hydrogen-bond donors (Lipinski definition) is 2. The van der Waals surface area contributed by atoms with E-state index in [0.717, 1.165) is 48.3 Å². The molecule has 1 saturated carbocycles. The standard InChI is InChI=1S/C32H31F5N2O6S/c33-25-26(34)28(36)30(29(37)27(25)35)46(44,45)39-15-5-4-8-23(39)31(41)38(21-13-14-22(32(42)43)24(40)16-21)17-18-9-11-20(12-10-18)19-6-2-1-3-7-19/h9-14,16,19,23,40H,1-8,15,17H2,(H,42,43)/t23-/m1/s1. The highest BCUT2D eigenvalue weighted by atomic mass is 32.2. The number of piperidine rings is 1. The Morgan fingerprint density at radius 1 is 0.804 bits per heavy atom. The number of nitrogens with zero attached hydrogens (tertiary/aromatic N) is 2. The van der Waals surface area contributed by atoms with Crippen LogP contribution in [0.2, 0.25) is 0 Å². The Bertz CT molecular complexity index is 1730. The molecular formula is C32H31F5N2O6S. The summed E-state index contributed by atoms with van der Waals surface area (Å²) in [6.45, 7) is -0.631. The van der Waals surface area contributed by atoms with E-state index in [2.05, 4.69) is 0 Å². The minimum atomic E-state index is -5.45. The lowest BCUT2D eigenvalue weighted by Crippen LogP contribution is -2.53. The van der Waals surface area contributed by atoms with Crippen molar-refractivity contribution in [2.45, 2.75) is 74.8 Å². The number of rotatable bonds is 8. The van der Waals surface area contributed by atoms with E-state index in [0.29, 0.717) is 22.2 Å². The van der Waals surface area contributed by atoms with Crippen LogP contribution in [0.15, 0.2) is 47.4 Å². The summed E-state index contributed by atoms with van der Waals surface area (Å²) < 4.78 is 98.8. The van der Waals surface area contributed by atoms with Crippen LogP contribution in [-0.2, 0) is 21.4 Å². The summed E-state index contributed by atoms with van der Waals surface area (Å²) in [6, 6.07) is 9.13. The van der Waals surface area contributed by atoms with E-state index in [4.69, 9.17) is 0 Å². The molecule has 3 aromatic carbocycles. The van der Waals surface area contributed by atoms with Gasteiger partial charge in [-0.3, -0.25) is 4.79 Å². The maximum atomic E-state index is 14.7. The number of benzene rings is 3. The van der Waals surface area contributed by atoms with Crippen LogP contribution < -0.4 is 4.90 Å². The number of anilines is 1. The van der Waals surface area contributed by atoms with Crippen molar-refractivity contribution >= 4 is 27.6 Å². The van der Waals surface area contributed by atoms with Crippen molar-refractivity contribution in [3.05, 3.63) is 88.2 Å². The third-order valence-corrected chi connectivity index (χ3v) is 10.6. The molecule has 0 aromatic heterocycles. The summed E-state index contributed by atoms with van der Waals surface area (Å²) in [4.78, 5) is 24.8. The summed E-state index contributed by atoms with van der Waals surface area (Å²) in [7, 11) is -5.45. The fourth-order valence-electron chi connectivity index (χ4n) is 6.23. The average molecular weight is 667 g/mol. The van der Waals surface area contributed by atoms with Gasteiger partial charge in [-0.15, -0.1) is 0 Å². The van der Waals surface area contributed by atoms with Gasteiger partial charge in [0.15, 0.2) is 28.2 Å². The summed E-state index contributed by atoms with van der Waals surface area (Å²) in [6.07, 6.45) is 5.80. The molecule has 0 unspecified atom stereocenters. The third kappa shape index (κ3) is 6.32. The normalized spacial score (nSPS) is 18.0. The number of hydrogen-bond acceptors (Lipinski definition) is 5. The lowest BCUT2D eigenvalue weighted by molar-refractivity contribution is -0.123. The molecule has 0 bridgehead atoms. The minimum Gasteiger partial charge on any atom is -0.507 e. The number of aromatic hydroxyl groups is 1. The summed E-state index contributed by atoms with van der Waals surface area (Å²) in [5, 5.41) is 19.8. The Morgan fingerprint density at radius 2 is 1.39 bits per heavy atom. The van der Waals surface area contributed by atoms with E-state index in [-0.39, 0.29) is 25.1 Å². The van der Waals surface area contributed by atoms with Gasteiger partial charge in [-0.2, -0.15) is 4.31 Å². The highest BCUT2D eigenvalue weighted by Gasteiger charge is 2.44. The molecule has 2 N–H and O–H groups in total. The second-order valence-corrected chi connectivity index (χ2v) is 13.4. The maximum absolute atomic E-state index is 14.7. The number of halogens is 5. The Hall–Kier alpha value is -4.04. The number of amides is 1. The Kier molecular flexibility index (Phi) is 9.68. The number of carbonyl (C=O) groups is 2. The SMILES string of the molecule is O=C(O)c1ccc(N(Cc2ccc(C3CCCCC3)cc2)C(=O)[C@H]2CCCCN2S(=O)(=O)c2c(F)c(F)c(F)c(F)c2F)cc1O.